The van der Waals surface area contributed by atoms with Crippen molar-refractivity contribution in [3.05, 3.63) is 18.0 Å². The molecule has 2 N–H and O–H groups in total. The lowest BCUT2D eigenvalue weighted by Gasteiger charge is -2.57. The second-order valence-electron chi connectivity index (χ2n) is 5.99. The molecule has 0 aromatic carbocycles. The maximum absolute atomic E-state index is 12.0. The fourth-order valence-corrected chi connectivity index (χ4v) is 2.63. The first-order valence-electron chi connectivity index (χ1n) is 6.91. The summed E-state index contributed by atoms with van der Waals surface area (Å²) in [5.74, 6) is -0.220. The van der Waals surface area contributed by atoms with E-state index in [-0.39, 0.29) is 24.0 Å². The molecule has 0 saturated heterocycles. The van der Waals surface area contributed by atoms with Crippen molar-refractivity contribution in [2.24, 2.45) is 12.5 Å². The van der Waals surface area contributed by atoms with Crippen molar-refractivity contribution in [1.29, 1.82) is 0 Å². The van der Waals surface area contributed by atoms with Gasteiger partial charge in [-0.25, -0.2) is 0 Å². The molecule has 6 nitrogen and oxygen atoms in total. The van der Waals surface area contributed by atoms with E-state index in [1.165, 1.54) is 6.20 Å². The highest BCUT2D eigenvalue weighted by molar-refractivity contribution is 5.93. The number of aromatic nitrogens is 2. The third-order valence-corrected chi connectivity index (χ3v) is 4.40. The molecule has 6 heteroatoms. The van der Waals surface area contributed by atoms with E-state index < -0.39 is 5.60 Å². The Morgan fingerprint density at radius 3 is 2.85 bits per heavy atom. The normalized spacial score (nSPS) is 27.9. The van der Waals surface area contributed by atoms with Crippen molar-refractivity contribution < 1.29 is 14.6 Å². The molecule has 0 unspecified atom stereocenters. The topological polar surface area (TPSA) is 76.4 Å². The van der Waals surface area contributed by atoms with Gasteiger partial charge in [0.2, 0.25) is 0 Å². The van der Waals surface area contributed by atoms with Gasteiger partial charge in [0.05, 0.1) is 23.5 Å². The van der Waals surface area contributed by atoms with Gasteiger partial charge >= 0.3 is 0 Å². The lowest BCUT2D eigenvalue weighted by molar-refractivity contribution is -0.237. The number of hydrogen-bond donors (Lipinski definition) is 2. The van der Waals surface area contributed by atoms with Crippen molar-refractivity contribution in [2.45, 2.75) is 38.9 Å². The van der Waals surface area contributed by atoms with Crippen LogP contribution in [0.3, 0.4) is 0 Å². The van der Waals surface area contributed by atoms with Gasteiger partial charge < -0.3 is 15.2 Å². The van der Waals surface area contributed by atoms with Gasteiger partial charge in [-0.1, -0.05) is 13.8 Å². The second kappa shape index (κ2) is 5.18. The van der Waals surface area contributed by atoms with Crippen LogP contribution in [-0.2, 0) is 11.8 Å². The molecule has 1 aliphatic rings. The number of hydrogen-bond acceptors (Lipinski definition) is 4. The van der Waals surface area contributed by atoms with E-state index in [1.54, 1.807) is 17.9 Å². The Morgan fingerprint density at radius 2 is 2.35 bits per heavy atom. The number of rotatable bonds is 5. The molecule has 1 aliphatic carbocycles. The number of carbonyl (C=O) groups is 1. The minimum Gasteiger partial charge on any atom is -0.387 e. The Hall–Kier alpha value is -1.40. The predicted molar refractivity (Wildman–Crippen MR) is 74.3 cm³/mol. The van der Waals surface area contributed by atoms with Gasteiger partial charge in [0.1, 0.15) is 0 Å². The number of aryl methyl sites for hydroxylation is 1. The highest BCUT2D eigenvalue weighted by Gasteiger charge is 2.59. The first-order chi connectivity index (χ1) is 9.30. The Morgan fingerprint density at radius 1 is 1.65 bits per heavy atom. The number of aliphatic hydroxyl groups is 1. The first-order valence-corrected chi connectivity index (χ1v) is 6.91. The van der Waals surface area contributed by atoms with Gasteiger partial charge in [-0.15, -0.1) is 0 Å². The van der Waals surface area contributed by atoms with Crippen molar-refractivity contribution >= 4 is 5.91 Å². The highest BCUT2D eigenvalue weighted by Crippen LogP contribution is 2.50. The van der Waals surface area contributed by atoms with Crippen LogP contribution in [0.2, 0.25) is 0 Å². The zero-order valence-electron chi connectivity index (χ0n) is 12.5. The van der Waals surface area contributed by atoms with Crippen molar-refractivity contribution in [2.75, 3.05) is 13.2 Å². The molecule has 1 amide bonds. The Kier molecular flexibility index (Phi) is 3.88. The highest BCUT2D eigenvalue weighted by atomic mass is 16.5. The largest absolute Gasteiger partial charge is 0.387 e. The third kappa shape index (κ3) is 2.45. The van der Waals surface area contributed by atoms with Crippen LogP contribution < -0.4 is 5.32 Å². The van der Waals surface area contributed by atoms with Crippen molar-refractivity contribution in [3.63, 3.8) is 0 Å². The monoisotopic (exact) mass is 281 g/mol. The molecule has 20 heavy (non-hydrogen) atoms. The third-order valence-electron chi connectivity index (χ3n) is 4.40. The molecular weight excluding hydrogens is 258 g/mol. The lowest BCUT2D eigenvalue weighted by atomic mass is 9.56. The first kappa shape index (κ1) is 15.0. The van der Waals surface area contributed by atoms with E-state index >= 15 is 0 Å². The SMILES string of the molecule is CCO[C@@H]1C[C@](O)(CNC(=O)c2cnn(C)c2)C1(C)C. The van der Waals surface area contributed by atoms with Gasteiger partial charge in [0.25, 0.3) is 5.91 Å². The summed E-state index contributed by atoms with van der Waals surface area (Å²) in [5, 5.41) is 17.4. The van der Waals surface area contributed by atoms with Crippen LogP contribution >= 0.6 is 0 Å². The van der Waals surface area contributed by atoms with E-state index in [0.717, 1.165) is 0 Å². The average molecular weight is 281 g/mol. The van der Waals surface area contributed by atoms with E-state index in [4.69, 9.17) is 4.74 Å². The number of amides is 1. The van der Waals surface area contributed by atoms with Crippen LogP contribution in [0.1, 0.15) is 37.6 Å². The summed E-state index contributed by atoms with van der Waals surface area (Å²) >= 11 is 0. The maximum Gasteiger partial charge on any atom is 0.254 e. The number of nitrogens with zero attached hydrogens (tertiary/aromatic N) is 2. The molecule has 112 valence electrons. The Balaban J connectivity index is 1.93. The Labute approximate surface area is 119 Å². The maximum atomic E-state index is 12.0. The van der Waals surface area contributed by atoms with Gasteiger partial charge in [-0.2, -0.15) is 5.10 Å². The zero-order valence-corrected chi connectivity index (χ0v) is 12.5. The summed E-state index contributed by atoms with van der Waals surface area (Å²) in [7, 11) is 1.76. The van der Waals surface area contributed by atoms with E-state index in [1.807, 2.05) is 20.8 Å². The van der Waals surface area contributed by atoms with Crippen LogP contribution in [0.25, 0.3) is 0 Å². The van der Waals surface area contributed by atoms with Gasteiger partial charge in [0, 0.05) is 38.2 Å². The van der Waals surface area contributed by atoms with E-state index in [2.05, 4.69) is 10.4 Å². The molecule has 0 spiro atoms. The van der Waals surface area contributed by atoms with Crippen molar-refractivity contribution in [1.82, 2.24) is 15.1 Å². The van der Waals surface area contributed by atoms with Gasteiger partial charge in [-0.05, 0) is 6.92 Å². The summed E-state index contributed by atoms with van der Waals surface area (Å²) in [6.07, 6.45) is 3.73. The molecular formula is C14H23N3O3. The van der Waals surface area contributed by atoms with Crippen LogP contribution in [0, 0.1) is 5.41 Å². The second-order valence-corrected chi connectivity index (χ2v) is 5.99. The molecule has 2 rings (SSSR count). The molecule has 0 bridgehead atoms. The number of carbonyl (C=O) groups excluding carboxylic acids is 1. The molecule has 2 atom stereocenters. The van der Waals surface area contributed by atoms with E-state index in [9.17, 15) is 9.90 Å². The summed E-state index contributed by atoms with van der Waals surface area (Å²) in [5.41, 5.74) is -0.801. The minimum absolute atomic E-state index is 0.0350. The average Bonchev–Trinajstić information content (AvgIpc) is 2.82. The number of ether oxygens (including phenoxy) is 1. The minimum atomic E-state index is -0.926. The van der Waals surface area contributed by atoms with Crippen LogP contribution in [0.15, 0.2) is 12.4 Å². The summed E-state index contributed by atoms with van der Waals surface area (Å²) in [6.45, 7) is 6.72. The predicted octanol–water partition coefficient (Wildman–Crippen LogP) is 0.716. The molecule has 0 aliphatic heterocycles. The molecule has 1 saturated carbocycles. The molecule has 1 heterocycles. The lowest BCUT2D eigenvalue weighted by Crippen LogP contribution is -2.68. The smallest absolute Gasteiger partial charge is 0.254 e. The standard InChI is InChI=1S/C14H23N3O3/c1-5-20-11-6-14(19,13(11,2)3)9-15-12(18)10-7-16-17(4)8-10/h7-8,11,19H,5-6,9H2,1-4H3,(H,15,18)/t11-,14+/m1/s1. The van der Waals surface area contributed by atoms with Gasteiger partial charge in [-0.3, -0.25) is 9.48 Å². The Bertz CT molecular complexity index is 498. The molecule has 1 aromatic heterocycles. The summed E-state index contributed by atoms with van der Waals surface area (Å²) in [4.78, 5) is 12.0. The van der Waals surface area contributed by atoms with Crippen molar-refractivity contribution in [3.8, 4) is 0 Å². The molecule has 1 fully saturated rings. The van der Waals surface area contributed by atoms with Crippen LogP contribution in [-0.4, -0.2) is 45.7 Å². The fourth-order valence-electron chi connectivity index (χ4n) is 2.63. The molecule has 1 aromatic rings. The van der Waals surface area contributed by atoms with E-state index in [0.29, 0.717) is 18.6 Å². The quantitative estimate of drug-likeness (QED) is 0.833. The summed E-state index contributed by atoms with van der Waals surface area (Å²) in [6, 6.07) is 0. The number of nitrogens with one attached hydrogen (secondary N) is 1. The van der Waals surface area contributed by atoms with Crippen LogP contribution in [0.4, 0.5) is 0 Å². The van der Waals surface area contributed by atoms with Gasteiger partial charge in [0.15, 0.2) is 0 Å². The summed E-state index contributed by atoms with van der Waals surface area (Å²) < 4.78 is 7.17. The van der Waals surface area contributed by atoms with Crippen LogP contribution in [0.5, 0.6) is 0 Å². The fraction of sp³-hybridized carbons (Fsp3) is 0.714. The zero-order chi connectivity index (χ0) is 15.0. The molecule has 0 radical (unpaired) electrons.